The topological polar surface area (TPSA) is 0 Å². The summed E-state index contributed by atoms with van der Waals surface area (Å²) in [6, 6.07) is 0. The van der Waals surface area contributed by atoms with Gasteiger partial charge in [-0.15, -0.1) is 6.58 Å². The zero-order valence-corrected chi connectivity index (χ0v) is 17.4. The smallest absolute Gasteiger partial charge is 0.0199 e. The van der Waals surface area contributed by atoms with E-state index in [1.54, 1.807) is 0 Å². The third-order valence-electron chi connectivity index (χ3n) is 7.79. The van der Waals surface area contributed by atoms with Gasteiger partial charge in [-0.3, -0.25) is 0 Å². The van der Waals surface area contributed by atoms with E-state index in [0.717, 1.165) is 47.3 Å². The van der Waals surface area contributed by atoms with Gasteiger partial charge in [-0.1, -0.05) is 56.4 Å². The van der Waals surface area contributed by atoms with Gasteiger partial charge in [0.2, 0.25) is 0 Å². The zero-order valence-electron chi connectivity index (χ0n) is 17.4. The number of hydrogen-bond donors (Lipinski definition) is 0. The second kappa shape index (κ2) is 8.77. The summed E-state index contributed by atoms with van der Waals surface area (Å²) in [5, 5.41) is 0. The van der Waals surface area contributed by atoms with Crippen molar-refractivity contribution in [2.45, 2.75) is 65.7 Å². The third-order valence-corrected chi connectivity index (χ3v) is 7.79. The molecular formula is C26H40. The van der Waals surface area contributed by atoms with Crippen LogP contribution in [0.1, 0.15) is 65.7 Å². The lowest BCUT2D eigenvalue weighted by atomic mass is 9.83. The van der Waals surface area contributed by atoms with Crippen LogP contribution in [0.15, 0.2) is 49.1 Å². The van der Waals surface area contributed by atoms with Gasteiger partial charge in [0, 0.05) is 0 Å². The van der Waals surface area contributed by atoms with Gasteiger partial charge in [0.15, 0.2) is 0 Å². The van der Waals surface area contributed by atoms with Crippen LogP contribution in [0, 0.1) is 47.3 Å². The Bertz CT molecular complexity index is 516. The van der Waals surface area contributed by atoms with Gasteiger partial charge < -0.3 is 0 Å². The maximum absolute atomic E-state index is 4.04. The molecule has 0 amide bonds. The molecule has 0 saturated heterocycles. The third kappa shape index (κ3) is 4.62. The van der Waals surface area contributed by atoms with Crippen molar-refractivity contribution in [1.82, 2.24) is 0 Å². The van der Waals surface area contributed by atoms with E-state index in [-0.39, 0.29) is 0 Å². The van der Waals surface area contributed by atoms with E-state index < -0.39 is 0 Å². The molecule has 4 bridgehead atoms. The van der Waals surface area contributed by atoms with E-state index in [0.29, 0.717) is 0 Å². The molecule has 0 spiro atoms. The van der Waals surface area contributed by atoms with Crippen LogP contribution in [0.3, 0.4) is 0 Å². The molecule has 0 aromatic carbocycles. The fourth-order valence-electron chi connectivity index (χ4n) is 5.80. The van der Waals surface area contributed by atoms with E-state index in [1.807, 2.05) is 0 Å². The van der Waals surface area contributed by atoms with E-state index in [4.69, 9.17) is 0 Å². The largest absolute Gasteiger partial charge is 0.103 e. The van der Waals surface area contributed by atoms with Gasteiger partial charge in [-0.2, -0.15) is 0 Å². The molecule has 0 aliphatic heterocycles. The molecule has 2 fully saturated rings. The molecule has 0 aromatic rings. The van der Waals surface area contributed by atoms with Crippen molar-refractivity contribution in [3.63, 3.8) is 0 Å². The minimum absolute atomic E-state index is 0.720. The Labute approximate surface area is 162 Å². The first-order valence-corrected chi connectivity index (χ1v) is 11.1. The number of allylic oxidation sites excluding steroid dienone is 6. The van der Waals surface area contributed by atoms with Crippen molar-refractivity contribution in [1.29, 1.82) is 0 Å². The molecule has 0 nitrogen and oxygen atoms in total. The van der Waals surface area contributed by atoms with Crippen molar-refractivity contribution >= 4 is 0 Å². The quantitative estimate of drug-likeness (QED) is 0.414. The lowest BCUT2D eigenvalue weighted by Crippen LogP contribution is -2.11. The molecule has 4 aliphatic carbocycles. The van der Waals surface area contributed by atoms with Crippen molar-refractivity contribution in [3.8, 4) is 0 Å². The Morgan fingerprint density at radius 1 is 0.962 bits per heavy atom. The summed E-state index contributed by atoms with van der Waals surface area (Å²) in [6.45, 7) is 14.7. The predicted molar refractivity (Wildman–Crippen MR) is 115 cm³/mol. The first-order valence-electron chi connectivity index (χ1n) is 11.1. The lowest BCUT2D eigenvalue weighted by Gasteiger charge is -2.22. The van der Waals surface area contributed by atoms with E-state index >= 15 is 0 Å². The Balaban J connectivity index is 0.000000151. The molecule has 8 atom stereocenters. The highest BCUT2D eigenvalue weighted by atomic mass is 14.4. The molecule has 26 heavy (non-hydrogen) atoms. The van der Waals surface area contributed by atoms with Crippen molar-refractivity contribution in [2.75, 3.05) is 0 Å². The number of fused-ring (bicyclic) bond motifs is 4. The molecule has 4 aliphatic rings. The Hall–Kier alpha value is -1.04. The molecule has 8 unspecified atom stereocenters. The Kier molecular flexibility index (Phi) is 6.65. The average molecular weight is 353 g/mol. The SMILES string of the molecule is C=C(C)C(C)CC1CC2C=CC1C2.C=CC(CC)CC1CC2C=CC1C2. The van der Waals surface area contributed by atoms with Crippen LogP contribution in [0.4, 0.5) is 0 Å². The Morgan fingerprint density at radius 2 is 1.50 bits per heavy atom. The highest BCUT2D eigenvalue weighted by Crippen LogP contribution is 2.47. The van der Waals surface area contributed by atoms with Gasteiger partial charge in [0.25, 0.3) is 0 Å². The first kappa shape index (κ1) is 19.7. The predicted octanol–water partition coefficient (Wildman–Crippen LogP) is 7.60. The van der Waals surface area contributed by atoms with Crippen LogP contribution in [0.25, 0.3) is 0 Å². The molecule has 0 N–H and O–H groups in total. The number of hydrogen-bond acceptors (Lipinski definition) is 0. The molecule has 144 valence electrons. The van der Waals surface area contributed by atoms with Gasteiger partial charge in [0.1, 0.15) is 0 Å². The van der Waals surface area contributed by atoms with Gasteiger partial charge in [-0.25, -0.2) is 0 Å². The van der Waals surface area contributed by atoms with Crippen LogP contribution in [-0.2, 0) is 0 Å². The summed E-state index contributed by atoms with van der Waals surface area (Å²) in [5.41, 5.74) is 1.35. The molecule has 0 aromatic heterocycles. The molecule has 0 heteroatoms. The standard InChI is InChI=1S/2C13H20/c1-9(2)10(3)6-13-8-11-4-5-12(13)7-11;1-3-10(4-2)7-13-9-11-5-6-12(13)8-11/h4-5,10-13H,1,6-8H2,2-3H3;3,5-6,10-13H,1,4,7-9H2,2H3. The van der Waals surface area contributed by atoms with Crippen LogP contribution in [0.2, 0.25) is 0 Å². The van der Waals surface area contributed by atoms with Gasteiger partial charge in [-0.05, 0) is 99.2 Å². The summed E-state index contributed by atoms with van der Waals surface area (Å²) in [4.78, 5) is 0. The molecule has 0 radical (unpaired) electrons. The molecular weight excluding hydrogens is 312 g/mol. The maximum atomic E-state index is 4.04. The van der Waals surface area contributed by atoms with Gasteiger partial charge in [0.05, 0.1) is 0 Å². The van der Waals surface area contributed by atoms with Gasteiger partial charge >= 0.3 is 0 Å². The molecule has 4 rings (SSSR count). The monoisotopic (exact) mass is 352 g/mol. The minimum Gasteiger partial charge on any atom is -0.103 e. The number of rotatable bonds is 7. The second-order valence-corrected chi connectivity index (χ2v) is 9.70. The highest BCUT2D eigenvalue weighted by molar-refractivity contribution is 5.11. The molecule has 2 saturated carbocycles. The van der Waals surface area contributed by atoms with Crippen molar-refractivity contribution in [2.24, 2.45) is 47.3 Å². The first-order chi connectivity index (χ1) is 12.5. The van der Waals surface area contributed by atoms with Crippen LogP contribution in [-0.4, -0.2) is 0 Å². The van der Waals surface area contributed by atoms with E-state index in [9.17, 15) is 0 Å². The summed E-state index contributed by atoms with van der Waals surface area (Å²) >= 11 is 0. The highest BCUT2D eigenvalue weighted by Gasteiger charge is 2.36. The summed E-state index contributed by atoms with van der Waals surface area (Å²) in [5.74, 6) is 7.09. The fraction of sp³-hybridized carbons (Fsp3) is 0.692. The van der Waals surface area contributed by atoms with E-state index in [2.05, 4.69) is 64.3 Å². The van der Waals surface area contributed by atoms with E-state index in [1.165, 1.54) is 50.5 Å². The average Bonchev–Trinajstić information content (AvgIpc) is 3.41. The zero-order chi connectivity index (χ0) is 18.7. The van der Waals surface area contributed by atoms with Crippen LogP contribution in [0.5, 0.6) is 0 Å². The second-order valence-electron chi connectivity index (χ2n) is 9.70. The van der Waals surface area contributed by atoms with Crippen LogP contribution >= 0.6 is 0 Å². The normalized spacial score (nSPS) is 38.1. The van der Waals surface area contributed by atoms with Crippen molar-refractivity contribution in [3.05, 3.63) is 49.1 Å². The summed E-state index contributed by atoms with van der Waals surface area (Å²) in [7, 11) is 0. The Morgan fingerprint density at radius 3 is 1.85 bits per heavy atom. The van der Waals surface area contributed by atoms with Crippen molar-refractivity contribution < 1.29 is 0 Å². The summed E-state index contributed by atoms with van der Waals surface area (Å²) < 4.78 is 0. The lowest BCUT2D eigenvalue weighted by molar-refractivity contribution is 0.360. The molecule has 0 heterocycles. The fourth-order valence-corrected chi connectivity index (χ4v) is 5.80. The van der Waals surface area contributed by atoms with Crippen LogP contribution < -0.4 is 0 Å². The maximum Gasteiger partial charge on any atom is -0.0199 e. The summed E-state index contributed by atoms with van der Waals surface area (Å²) in [6.07, 6.45) is 21.7. The minimum atomic E-state index is 0.720.